The molecule has 3 aromatic carbocycles. The SMILES string of the molecule is CCCOc1ccc(C2=C(C=O)C(=O)N/C2=C\c2ccc(OC)c(Br)c2)cc1Br.COc1c(Br)cc(C)cc1Br. The van der Waals surface area contributed by atoms with E-state index in [1.165, 1.54) is 5.56 Å². The Labute approximate surface area is 267 Å². The molecule has 0 spiro atoms. The predicted octanol–water partition coefficient (Wildman–Crippen LogP) is 8.66. The molecule has 0 aromatic heterocycles. The average Bonchev–Trinajstić information content (AvgIpc) is 3.22. The lowest BCUT2D eigenvalue weighted by molar-refractivity contribution is -0.118. The van der Waals surface area contributed by atoms with Crippen LogP contribution in [0.25, 0.3) is 11.6 Å². The molecule has 6 nitrogen and oxygen atoms in total. The van der Waals surface area contributed by atoms with E-state index in [0.717, 1.165) is 41.2 Å². The van der Waals surface area contributed by atoms with Crippen LogP contribution in [0.5, 0.6) is 17.2 Å². The Bertz CT molecular complexity index is 1460. The van der Waals surface area contributed by atoms with Gasteiger partial charge in [0, 0.05) is 5.57 Å². The zero-order valence-corrected chi connectivity index (χ0v) is 28.6. The first-order valence-corrected chi connectivity index (χ1v) is 15.3. The van der Waals surface area contributed by atoms with Crippen LogP contribution in [0.3, 0.4) is 0 Å². The van der Waals surface area contributed by atoms with Gasteiger partial charge in [-0.1, -0.05) is 19.1 Å². The zero-order chi connectivity index (χ0) is 29.4. The van der Waals surface area contributed by atoms with Crippen LogP contribution in [-0.2, 0) is 9.59 Å². The standard InChI is InChI=1S/C22H19Br2NO4.C8H8Br2O/c1-3-8-29-20-7-5-14(11-17(20)24)21-15(12-26)22(27)25-18(21)10-13-4-6-19(28-2)16(23)9-13;1-5-3-6(9)8(11-2)7(10)4-5/h4-7,9-12H,3,8H2,1-2H3,(H,25,27);3-4H,1-2H3/b18-10-;. The molecule has 210 valence electrons. The maximum atomic E-state index is 12.3. The van der Waals surface area contributed by atoms with Crippen molar-refractivity contribution in [3.63, 3.8) is 0 Å². The highest BCUT2D eigenvalue weighted by molar-refractivity contribution is 9.11. The van der Waals surface area contributed by atoms with E-state index in [-0.39, 0.29) is 5.57 Å². The van der Waals surface area contributed by atoms with Gasteiger partial charge in [0.05, 0.1) is 50.0 Å². The van der Waals surface area contributed by atoms with Crippen molar-refractivity contribution in [1.82, 2.24) is 5.32 Å². The van der Waals surface area contributed by atoms with Crippen LogP contribution >= 0.6 is 63.7 Å². The van der Waals surface area contributed by atoms with Crippen LogP contribution in [0.2, 0.25) is 0 Å². The van der Waals surface area contributed by atoms with Crippen LogP contribution < -0.4 is 19.5 Å². The molecule has 10 heteroatoms. The second kappa shape index (κ2) is 15.0. The van der Waals surface area contributed by atoms with Crippen molar-refractivity contribution in [2.45, 2.75) is 20.3 Å². The summed E-state index contributed by atoms with van der Waals surface area (Å²) in [5.74, 6) is 1.84. The number of nitrogens with one attached hydrogen (secondary N) is 1. The Kier molecular flexibility index (Phi) is 12.0. The van der Waals surface area contributed by atoms with Crippen LogP contribution in [0.1, 0.15) is 30.0 Å². The van der Waals surface area contributed by atoms with Gasteiger partial charge in [-0.15, -0.1) is 0 Å². The fourth-order valence-electron chi connectivity index (χ4n) is 3.85. The molecule has 0 atom stereocenters. The number of benzene rings is 3. The first kappa shape index (κ1) is 32.1. The topological polar surface area (TPSA) is 73.9 Å². The van der Waals surface area contributed by atoms with Crippen LogP contribution in [-0.4, -0.2) is 33.0 Å². The number of carbonyl (C=O) groups excluding carboxylic acids is 2. The van der Waals surface area contributed by atoms with Gasteiger partial charge in [0.25, 0.3) is 5.91 Å². The van der Waals surface area contributed by atoms with Crippen molar-refractivity contribution in [3.8, 4) is 17.2 Å². The molecule has 4 rings (SSSR count). The van der Waals surface area contributed by atoms with Crippen LogP contribution in [0.15, 0.2) is 77.7 Å². The number of ether oxygens (including phenoxy) is 3. The van der Waals surface area contributed by atoms with E-state index in [0.29, 0.717) is 35.7 Å². The summed E-state index contributed by atoms with van der Waals surface area (Å²) in [7, 11) is 3.25. The van der Waals surface area contributed by atoms with E-state index < -0.39 is 5.91 Å². The van der Waals surface area contributed by atoms with Gasteiger partial charge in [0.2, 0.25) is 0 Å². The fourth-order valence-corrected chi connectivity index (χ4v) is 6.64. The Hall–Kier alpha value is -2.40. The number of aryl methyl sites for hydroxylation is 1. The number of aldehydes is 1. The van der Waals surface area contributed by atoms with E-state index in [4.69, 9.17) is 14.2 Å². The highest BCUT2D eigenvalue weighted by atomic mass is 79.9. The van der Waals surface area contributed by atoms with E-state index in [2.05, 4.69) is 69.0 Å². The van der Waals surface area contributed by atoms with Crippen molar-refractivity contribution < 1.29 is 23.8 Å². The van der Waals surface area contributed by atoms with Gasteiger partial charge in [-0.2, -0.15) is 0 Å². The number of carbonyl (C=O) groups is 2. The second-order valence-electron chi connectivity index (χ2n) is 8.57. The molecule has 1 aliphatic rings. The van der Waals surface area contributed by atoms with Crippen molar-refractivity contribution >= 4 is 87.6 Å². The summed E-state index contributed by atoms with van der Waals surface area (Å²) in [6.45, 7) is 4.68. The molecule has 3 aromatic rings. The number of methoxy groups -OCH3 is 2. The maximum Gasteiger partial charge on any atom is 0.259 e. The minimum Gasteiger partial charge on any atom is -0.496 e. The summed E-state index contributed by atoms with van der Waals surface area (Å²) in [6, 6.07) is 15.1. The molecule has 0 bridgehead atoms. The number of halogens is 4. The molecule has 1 amide bonds. The lowest BCUT2D eigenvalue weighted by atomic mass is 9.99. The molecule has 1 N–H and O–H groups in total. The highest BCUT2D eigenvalue weighted by Gasteiger charge is 2.28. The minimum absolute atomic E-state index is 0.0953. The first-order valence-electron chi connectivity index (χ1n) is 12.1. The Morgan fingerprint density at radius 2 is 1.50 bits per heavy atom. The molecule has 0 saturated heterocycles. The van der Waals surface area contributed by atoms with E-state index >= 15 is 0 Å². The summed E-state index contributed by atoms with van der Waals surface area (Å²) in [5, 5.41) is 2.79. The van der Waals surface area contributed by atoms with Gasteiger partial charge >= 0.3 is 0 Å². The van der Waals surface area contributed by atoms with E-state index in [1.54, 1.807) is 14.2 Å². The summed E-state index contributed by atoms with van der Waals surface area (Å²) in [6.07, 6.45) is 3.31. The summed E-state index contributed by atoms with van der Waals surface area (Å²) in [4.78, 5) is 24.0. The first-order chi connectivity index (χ1) is 19.1. The van der Waals surface area contributed by atoms with Gasteiger partial charge in [-0.25, -0.2) is 0 Å². The lowest BCUT2D eigenvalue weighted by Gasteiger charge is -2.11. The van der Waals surface area contributed by atoms with Crippen molar-refractivity contribution in [1.29, 1.82) is 0 Å². The molecular formula is C30H27Br4NO5. The fraction of sp³-hybridized carbons (Fsp3) is 0.200. The molecule has 0 unspecified atom stereocenters. The predicted molar refractivity (Wildman–Crippen MR) is 173 cm³/mol. The molecule has 0 saturated carbocycles. The number of allylic oxidation sites excluding steroid dienone is 1. The molecule has 40 heavy (non-hydrogen) atoms. The lowest BCUT2D eigenvalue weighted by Crippen LogP contribution is -2.16. The van der Waals surface area contributed by atoms with Gasteiger partial charge in [-0.3, -0.25) is 9.59 Å². The summed E-state index contributed by atoms with van der Waals surface area (Å²) >= 11 is 13.8. The number of amides is 1. The number of hydrogen-bond acceptors (Lipinski definition) is 5. The quantitative estimate of drug-likeness (QED) is 0.183. The Morgan fingerprint density at radius 1 is 0.850 bits per heavy atom. The maximum absolute atomic E-state index is 12.3. The van der Waals surface area contributed by atoms with Crippen LogP contribution in [0, 0.1) is 6.92 Å². The second-order valence-corrected chi connectivity index (χ2v) is 12.0. The van der Waals surface area contributed by atoms with Crippen LogP contribution in [0.4, 0.5) is 0 Å². The van der Waals surface area contributed by atoms with Gasteiger partial charge in [-0.05, 0) is 136 Å². The molecule has 0 radical (unpaired) electrons. The van der Waals surface area contributed by atoms with Gasteiger partial charge in [0.1, 0.15) is 17.2 Å². The average molecular weight is 801 g/mol. The molecule has 0 aliphatic carbocycles. The highest BCUT2D eigenvalue weighted by Crippen LogP contribution is 2.37. The minimum atomic E-state index is -0.420. The molecule has 0 fully saturated rings. The zero-order valence-electron chi connectivity index (χ0n) is 22.2. The normalized spacial score (nSPS) is 13.5. The number of rotatable bonds is 8. The van der Waals surface area contributed by atoms with Crippen molar-refractivity contribution in [3.05, 3.63) is 94.4 Å². The summed E-state index contributed by atoms with van der Waals surface area (Å²) in [5.41, 5.74) is 3.99. The third-order valence-electron chi connectivity index (χ3n) is 5.67. The molecule has 1 aliphatic heterocycles. The van der Waals surface area contributed by atoms with Crippen molar-refractivity contribution in [2.75, 3.05) is 20.8 Å². The monoisotopic (exact) mass is 797 g/mol. The van der Waals surface area contributed by atoms with E-state index in [9.17, 15) is 9.59 Å². The van der Waals surface area contributed by atoms with Gasteiger partial charge in [0.15, 0.2) is 6.29 Å². The largest absolute Gasteiger partial charge is 0.496 e. The summed E-state index contributed by atoms with van der Waals surface area (Å²) < 4.78 is 19.6. The van der Waals surface area contributed by atoms with E-state index in [1.807, 2.05) is 68.5 Å². The third-order valence-corrected chi connectivity index (χ3v) is 8.08. The molecule has 1 heterocycles. The van der Waals surface area contributed by atoms with Gasteiger partial charge < -0.3 is 19.5 Å². The third kappa shape index (κ3) is 7.87. The smallest absolute Gasteiger partial charge is 0.259 e. The number of hydrogen-bond donors (Lipinski definition) is 1. The molecular weight excluding hydrogens is 774 g/mol. The Morgan fingerprint density at radius 3 is 2.05 bits per heavy atom. The van der Waals surface area contributed by atoms with Crippen molar-refractivity contribution in [2.24, 2.45) is 0 Å². The Balaban J connectivity index is 0.000000336.